The zero-order chi connectivity index (χ0) is 15.4. The van der Waals surface area contributed by atoms with Gasteiger partial charge in [0.2, 0.25) is 11.8 Å². The van der Waals surface area contributed by atoms with Crippen molar-refractivity contribution in [3.05, 3.63) is 71.8 Å². The fourth-order valence-corrected chi connectivity index (χ4v) is 2.72. The molecule has 1 saturated heterocycles. The summed E-state index contributed by atoms with van der Waals surface area (Å²) in [5.74, 6) is -0.122. The van der Waals surface area contributed by atoms with Crippen LogP contribution in [0.25, 0.3) is 0 Å². The summed E-state index contributed by atoms with van der Waals surface area (Å²) < 4.78 is 0. The monoisotopic (exact) mass is 294 g/mol. The minimum Gasteiger partial charge on any atom is -0.345 e. The Morgan fingerprint density at radius 2 is 1.50 bits per heavy atom. The molecule has 1 fully saturated rings. The van der Waals surface area contributed by atoms with Crippen molar-refractivity contribution in [1.82, 2.24) is 10.2 Å². The largest absolute Gasteiger partial charge is 0.345 e. The van der Waals surface area contributed by atoms with Gasteiger partial charge in [0.25, 0.3) is 0 Å². The number of benzene rings is 2. The van der Waals surface area contributed by atoms with Crippen LogP contribution in [-0.4, -0.2) is 29.3 Å². The topological polar surface area (TPSA) is 49.4 Å². The summed E-state index contributed by atoms with van der Waals surface area (Å²) in [5.41, 5.74) is 2.08. The highest BCUT2D eigenvalue weighted by molar-refractivity contribution is 5.95. The van der Waals surface area contributed by atoms with Crippen molar-refractivity contribution in [2.45, 2.75) is 19.0 Å². The van der Waals surface area contributed by atoms with E-state index in [0.717, 1.165) is 11.1 Å². The molecule has 1 unspecified atom stereocenters. The van der Waals surface area contributed by atoms with Gasteiger partial charge in [-0.15, -0.1) is 0 Å². The van der Waals surface area contributed by atoms with Crippen LogP contribution in [0.2, 0.25) is 0 Å². The Hall–Kier alpha value is -2.62. The molecule has 0 spiro atoms. The van der Waals surface area contributed by atoms with Gasteiger partial charge in [-0.3, -0.25) is 9.59 Å². The molecule has 0 radical (unpaired) electrons. The summed E-state index contributed by atoms with van der Waals surface area (Å²) in [6.07, 6.45) is 0.533. The number of nitrogens with zero attached hydrogens (tertiary/aromatic N) is 1. The summed E-state index contributed by atoms with van der Waals surface area (Å²) in [7, 11) is 0. The van der Waals surface area contributed by atoms with E-state index in [1.807, 2.05) is 60.7 Å². The number of hydrogen-bond donors (Lipinski definition) is 1. The number of nitrogens with one attached hydrogen (secondary N) is 1. The van der Waals surface area contributed by atoms with Crippen molar-refractivity contribution in [2.75, 3.05) is 6.54 Å². The van der Waals surface area contributed by atoms with Crippen LogP contribution in [0.4, 0.5) is 0 Å². The molecule has 2 aromatic carbocycles. The zero-order valence-corrected chi connectivity index (χ0v) is 12.2. The SMILES string of the molecule is O=C1NCC(=O)N(Cc2ccccc2)C1Cc1ccccc1. The maximum absolute atomic E-state index is 12.3. The van der Waals surface area contributed by atoms with E-state index in [-0.39, 0.29) is 18.4 Å². The molecule has 0 aromatic heterocycles. The Balaban J connectivity index is 1.82. The molecular weight excluding hydrogens is 276 g/mol. The van der Waals surface area contributed by atoms with Gasteiger partial charge in [-0.2, -0.15) is 0 Å². The third-order valence-electron chi connectivity index (χ3n) is 3.88. The summed E-state index contributed by atoms with van der Waals surface area (Å²) >= 11 is 0. The minimum atomic E-state index is -0.455. The first-order valence-corrected chi connectivity index (χ1v) is 7.39. The maximum Gasteiger partial charge on any atom is 0.243 e. The molecule has 0 aliphatic carbocycles. The second-order valence-electron chi connectivity index (χ2n) is 5.43. The van der Waals surface area contributed by atoms with Crippen molar-refractivity contribution in [3.63, 3.8) is 0 Å². The number of carbonyl (C=O) groups is 2. The van der Waals surface area contributed by atoms with E-state index < -0.39 is 6.04 Å². The van der Waals surface area contributed by atoms with Crippen LogP contribution in [-0.2, 0) is 22.6 Å². The van der Waals surface area contributed by atoms with Gasteiger partial charge in [-0.25, -0.2) is 0 Å². The maximum atomic E-state index is 12.3. The smallest absolute Gasteiger partial charge is 0.243 e. The Kier molecular flexibility index (Phi) is 4.19. The van der Waals surface area contributed by atoms with E-state index in [2.05, 4.69) is 5.32 Å². The number of carbonyl (C=O) groups excluding carboxylic acids is 2. The van der Waals surface area contributed by atoms with E-state index in [4.69, 9.17) is 0 Å². The van der Waals surface area contributed by atoms with Crippen molar-refractivity contribution in [3.8, 4) is 0 Å². The molecular formula is C18H18N2O2. The molecule has 3 rings (SSSR count). The summed E-state index contributed by atoms with van der Waals surface area (Å²) in [6.45, 7) is 0.543. The summed E-state index contributed by atoms with van der Waals surface area (Å²) in [4.78, 5) is 26.2. The van der Waals surface area contributed by atoms with E-state index in [9.17, 15) is 9.59 Å². The molecule has 2 amide bonds. The Morgan fingerprint density at radius 3 is 2.14 bits per heavy atom. The van der Waals surface area contributed by atoms with Gasteiger partial charge in [0.15, 0.2) is 0 Å². The van der Waals surface area contributed by atoms with Crippen molar-refractivity contribution < 1.29 is 9.59 Å². The van der Waals surface area contributed by atoms with E-state index >= 15 is 0 Å². The first-order valence-electron chi connectivity index (χ1n) is 7.39. The lowest BCUT2D eigenvalue weighted by Gasteiger charge is -2.35. The highest BCUT2D eigenvalue weighted by atomic mass is 16.2. The highest BCUT2D eigenvalue weighted by Gasteiger charge is 2.34. The Morgan fingerprint density at radius 1 is 0.909 bits per heavy atom. The molecule has 1 N–H and O–H groups in total. The molecule has 0 bridgehead atoms. The van der Waals surface area contributed by atoms with Crippen LogP contribution in [0.1, 0.15) is 11.1 Å². The van der Waals surface area contributed by atoms with Gasteiger partial charge in [-0.05, 0) is 11.1 Å². The Bertz CT molecular complexity index is 596. The molecule has 1 heterocycles. The fourth-order valence-electron chi connectivity index (χ4n) is 2.72. The predicted molar refractivity (Wildman–Crippen MR) is 83.9 cm³/mol. The van der Waals surface area contributed by atoms with Crippen molar-refractivity contribution in [2.24, 2.45) is 0 Å². The molecule has 0 saturated carbocycles. The second kappa shape index (κ2) is 6.43. The second-order valence-corrected chi connectivity index (χ2v) is 5.43. The van der Waals surface area contributed by atoms with Crippen LogP contribution in [0.5, 0.6) is 0 Å². The fraction of sp³-hybridized carbons (Fsp3) is 0.222. The van der Waals surface area contributed by atoms with Crippen molar-refractivity contribution >= 4 is 11.8 Å². The zero-order valence-electron chi connectivity index (χ0n) is 12.2. The van der Waals surface area contributed by atoms with Gasteiger partial charge < -0.3 is 10.2 Å². The number of piperazine rings is 1. The van der Waals surface area contributed by atoms with Gasteiger partial charge in [0, 0.05) is 13.0 Å². The quantitative estimate of drug-likeness (QED) is 0.934. The van der Waals surface area contributed by atoms with E-state index in [1.165, 1.54) is 0 Å². The van der Waals surface area contributed by atoms with Gasteiger partial charge in [0.05, 0.1) is 6.54 Å². The first kappa shape index (κ1) is 14.3. The molecule has 22 heavy (non-hydrogen) atoms. The van der Waals surface area contributed by atoms with Crippen LogP contribution < -0.4 is 5.32 Å². The molecule has 4 nitrogen and oxygen atoms in total. The molecule has 2 aromatic rings. The molecule has 1 aliphatic heterocycles. The lowest BCUT2D eigenvalue weighted by Crippen LogP contribution is -2.58. The first-order chi connectivity index (χ1) is 10.7. The number of rotatable bonds is 4. The lowest BCUT2D eigenvalue weighted by molar-refractivity contribution is -0.146. The van der Waals surface area contributed by atoms with Crippen molar-refractivity contribution in [1.29, 1.82) is 0 Å². The standard InChI is InChI=1S/C18H18N2O2/c21-17-12-19-18(22)16(11-14-7-3-1-4-8-14)20(17)13-15-9-5-2-6-10-15/h1-10,16H,11-13H2,(H,19,22). The average Bonchev–Trinajstić information content (AvgIpc) is 2.56. The van der Waals surface area contributed by atoms with Crippen LogP contribution in [0.15, 0.2) is 60.7 Å². The van der Waals surface area contributed by atoms with Crippen LogP contribution in [0.3, 0.4) is 0 Å². The molecule has 112 valence electrons. The molecule has 1 atom stereocenters. The van der Waals surface area contributed by atoms with E-state index in [1.54, 1.807) is 4.90 Å². The normalized spacial score (nSPS) is 18.2. The number of hydrogen-bond acceptors (Lipinski definition) is 2. The predicted octanol–water partition coefficient (Wildman–Crippen LogP) is 1.76. The summed E-state index contributed by atoms with van der Waals surface area (Å²) in [6, 6.07) is 19.1. The minimum absolute atomic E-state index is 0.0376. The van der Waals surface area contributed by atoms with E-state index in [0.29, 0.717) is 13.0 Å². The van der Waals surface area contributed by atoms with Gasteiger partial charge >= 0.3 is 0 Å². The number of amides is 2. The van der Waals surface area contributed by atoms with Crippen LogP contribution >= 0.6 is 0 Å². The molecule has 4 heteroatoms. The third-order valence-corrected chi connectivity index (χ3v) is 3.88. The molecule has 1 aliphatic rings. The van der Waals surface area contributed by atoms with Gasteiger partial charge in [0.1, 0.15) is 6.04 Å². The van der Waals surface area contributed by atoms with Gasteiger partial charge in [-0.1, -0.05) is 60.7 Å². The van der Waals surface area contributed by atoms with Crippen LogP contribution in [0, 0.1) is 0 Å². The summed E-state index contributed by atoms with van der Waals surface area (Å²) in [5, 5.41) is 2.69. The average molecular weight is 294 g/mol. The third kappa shape index (κ3) is 3.17. The lowest BCUT2D eigenvalue weighted by atomic mass is 10.0. The Labute approximate surface area is 129 Å². The highest BCUT2D eigenvalue weighted by Crippen LogP contribution is 2.16.